The van der Waals surface area contributed by atoms with Gasteiger partial charge >= 0.3 is 0 Å². The zero-order valence-corrected chi connectivity index (χ0v) is 14.7. The van der Waals surface area contributed by atoms with Gasteiger partial charge in [0.25, 0.3) is 0 Å². The van der Waals surface area contributed by atoms with Gasteiger partial charge in [-0.15, -0.1) is 0 Å². The number of halogens is 2. The van der Waals surface area contributed by atoms with Gasteiger partial charge in [-0.3, -0.25) is 0 Å². The largest absolute Gasteiger partial charge is 0.313 e. The van der Waals surface area contributed by atoms with E-state index < -0.39 is 0 Å². The molecule has 0 heterocycles. The monoisotopic (exact) mass is 327 g/mol. The molecule has 0 bridgehead atoms. The number of rotatable bonds is 9. The Morgan fingerprint density at radius 3 is 2.62 bits per heavy atom. The van der Waals surface area contributed by atoms with E-state index in [0.717, 1.165) is 29.1 Å². The lowest BCUT2D eigenvalue weighted by Crippen LogP contribution is -2.37. The fourth-order valence-corrected chi connectivity index (χ4v) is 3.33. The van der Waals surface area contributed by atoms with Gasteiger partial charge in [-0.1, -0.05) is 49.9 Å². The molecular formula is C18H27Cl2N. The lowest BCUT2D eigenvalue weighted by molar-refractivity contribution is 0.228. The molecule has 118 valence electrons. The molecule has 2 rings (SSSR count). The van der Waals surface area contributed by atoms with E-state index in [0.29, 0.717) is 5.41 Å². The van der Waals surface area contributed by atoms with Crippen molar-refractivity contribution in [3.63, 3.8) is 0 Å². The average Bonchev–Trinajstić information content (AvgIpc) is 3.30. The van der Waals surface area contributed by atoms with Crippen molar-refractivity contribution in [2.75, 3.05) is 6.54 Å². The molecule has 1 nitrogen and oxygen atoms in total. The molecule has 1 aromatic rings. The Bertz CT molecular complexity index is 457. The first kappa shape index (κ1) is 17.1. The number of hydrogen-bond donors (Lipinski definition) is 1. The molecule has 1 N–H and O–H groups in total. The molecule has 1 fully saturated rings. The van der Waals surface area contributed by atoms with E-state index in [4.69, 9.17) is 23.2 Å². The summed E-state index contributed by atoms with van der Waals surface area (Å²) in [6, 6.07) is 6.59. The van der Waals surface area contributed by atoms with E-state index in [1.54, 1.807) is 0 Å². The average molecular weight is 328 g/mol. The Morgan fingerprint density at radius 2 is 2.00 bits per heavy atom. The Kier molecular flexibility index (Phi) is 6.40. The molecule has 0 radical (unpaired) electrons. The molecule has 1 atom stereocenters. The quantitative estimate of drug-likeness (QED) is 0.597. The minimum absolute atomic E-state index is 0.299. The van der Waals surface area contributed by atoms with Gasteiger partial charge in [0.2, 0.25) is 0 Å². The first-order valence-corrected chi connectivity index (χ1v) is 9.01. The summed E-state index contributed by atoms with van der Waals surface area (Å²) in [5.74, 6) is 0. The SMILES string of the molecule is CCCCC(CC)(CNC1CC1)Cc1cc(Cl)ccc1Cl. The topological polar surface area (TPSA) is 12.0 Å². The van der Waals surface area contributed by atoms with Crippen molar-refractivity contribution in [1.82, 2.24) is 5.32 Å². The van der Waals surface area contributed by atoms with Crippen molar-refractivity contribution in [2.45, 2.75) is 64.8 Å². The molecule has 0 aromatic heterocycles. The van der Waals surface area contributed by atoms with Gasteiger partial charge in [-0.05, 0) is 61.3 Å². The van der Waals surface area contributed by atoms with Gasteiger partial charge < -0.3 is 5.32 Å². The van der Waals surface area contributed by atoms with E-state index in [1.807, 2.05) is 18.2 Å². The first-order chi connectivity index (χ1) is 10.1. The van der Waals surface area contributed by atoms with Crippen molar-refractivity contribution < 1.29 is 0 Å². The van der Waals surface area contributed by atoms with Crippen LogP contribution in [0.4, 0.5) is 0 Å². The van der Waals surface area contributed by atoms with Crippen LogP contribution >= 0.6 is 23.2 Å². The minimum Gasteiger partial charge on any atom is -0.313 e. The fourth-order valence-electron chi connectivity index (χ4n) is 2.95. The third-order valence-electron chi connectivity index (χ3n) is 4.73. The molecule has 0 spiro atoms. The van der Waals surface area contributed by atoms with Crippen molar-refractivity contribution >= 4 is 23.2 Å². The molecule has 1 aromatic carbocycles. The summed E-state index contributed by atoms with van der Waals surface area (Å²) in [7, 11) is 0. The highest BCUT2D eigenvalue weighted by Crippen LogP contribution is 2.36. The zero-order valence-electron chi connectivity index (χ0n) is 13.2. The van der Waals surface area contributed by atoms with Gasteiger partial charge in [0.1, 0.15) is 0 Å². The van der Waals surface area contributed by atoms with Gasteiger partial charge in [0.15, 0.2) is 0 Å². The second-order valence-electron chi connectivity index (χ2n) is 6.52. The smallest absolute Gasteiger partial charge is 0.0439 e. The summed E-state index contributed by atoms with van der Waals surface area (Å²) in [6.45, 7) is 5.67. The molecule has 0 saturated heterocycles. The van der Waals surface area contributed by atoms with E-state index in [-0.39, 0.29) is 0 Å². The maximum atomic E-state index is 6.39. The summed E-state index contributed by atoms with van der Waals surface area (Å²) in [5.41, 5.74) is 1.49. The standard InChI is InChI=1S/C18H27Cl2N/c1-3-5-10-18(4-2,13-21-16-7-8-16)12-14-11-15(19)6-9-17(14)20/h6,9,11,16,21H,3-5,7-8,10,12-13H2,1-2H3. The lowest BCUT2D eigenvalue weighted by atomic mass is 9.75. The summed E-state index contributed by atoms with van der Waals surface area (Å²) in [5, 5.41) is 5.37. The van der Waals surface area contributed by atoms with Crippen molar-refractivity contribution in [3.8, 4) is 0 Å². The summed E-state index contributed by atoms with van der Waals surface area (Å²) in [4.78, 5) is 0. The molecule has 1 aliphatic rings. The van der Waals surface area contributed by atoms with Crippen LogP contribution in [-0.2, 0) is 6.42 Å². The molecular weight excluding hydrogens is 301 g/mol. The van der Waals surface area contributed by atoms with Crippen LogP contribution in [0.3, 0.4) is 0 Å². The van der Waals surface area contributed by atoms with E-state index in [2.05, 4.69) is 19.2 Å². The first-order valence-electron chi connectivity index (χ1n) is 8.26. The van der Waals surface area contributed by atoms with Crippen LogP contribution < -0.4 is 5.32 Å². The van der Waals surface area contributed by atoms with Gasteiger partial charge in [0, 0.05) is 22.6 Å². The van der Waals surface area contributed by atoms with E-state index >= 15 is 0 Å². The third kappa shape index (κ3) is 5.16. The molecule has 1 aliphatic carbocycles. The highest BCUT2D eigenvalue weighted by molar-refractivity contribution is 6.33. The fraction of sp³-hybridized carbons (Fsp3) is 0.667. The molecule has 1 unspecified atom stereocenters. The van der Waals surface area contributed by atoms with Crippen LogP contribution in [0.25, 0.3) is 0 Å². The molecule has 0 amide bonds. The van der Waals surface area contributed by atoms with E-state index in [9.17, 15) is 0 Å². The summed E-state index contributed by atoms with van der Waals surface area (Å²) >= 11 is 12.5. The summed E-state index contributed by atoms with van der Waals surface area (Å²) in [6.07, 6.45) is 8.64. The minimum atomic E-state index is 0.299. The predicted octanol–water partition coefficient (Wildman–Crippen LogP) is 5.87. The van der Waals surface area contributed by atoms with Crippen LogP contribution in [0.2, 0.25) is 10.0 Å². The van der Waals surface area contributed by atoms with Crippen LogP contribution in [0.15, 0.2) is 18.2 Å². The molecule has 3 heteroatoms. The third-order valence-corrected chi connectivity index (χ3v) is 5.33. The number of benzene rings is 1. The lowest BCUT2D eigenvalue weighted by Gasteiger charge is -2.34. The van der Waals surface area contributed by atoms with Gasteiger partial charge in [0.05, 0.1) is 0 Å². The van der Waals surface area contributed by atoms with Crippen LogP contribution in [0.1, 0.15) is 57.9 Å². The summed E-state index contributed by atoms with van der Waals surface area (Å²) < 4.78 is 0. The number of nitrogens with one attached hydrogen (secondary N) is 1. The van der Waals surface area contributed by atoms with Crippen LogP contribution in [0.5, 0.6) is 0 Å². The van der Waals surface area contributed by atoms with Gasteiger partial charge in [-0.25, -0.2) is 0 Å². The van der Waals surface area contributed by atoms with Crippen molar-refractivity contribution in [1.29, 1.82) is 0 Å². The highest BCUT2D eigenvalue weighted by atomic mass is 35.5. The molecule has 0 aliphatic heterocycles. The second kappa shape index (κ2) is 7.85. The maximum absolute atomic E-state index is 6.39. The van der Waals surface area contributed by atoms with Crippen molar-refractivity contribution in [3.05, 3.63) is 33.8 Å². The van der Waals surface area contributed by atoms with Crippen LogP contribution in [-0.4, -0.2) is 12.6 Å². The Balaban J connectivity index is 2.13. The normalized spacial score (nSPS) is 17.7. The molecule has 21 heavy (non-hydrogen) atoms. The van der Waals surface area contributed by atoms with E-state index in [1.165, 1.54) is 44.1 Å². The van der Waals surface area contributed by atoms with Crippen molar-refractivity contribution in [2.24, 2.45) is 5.41 Å². The Labute approximate surface area is 139 Å². The highest BCUT2D eigenvalue weighted by Gasteiger charge is 2.31. The molecule has 1 saturated carbocycles. The van der Waals surface area contributed by atoms with Gasteiger partial charge in [-0.2, -0.15) is 0 Å². The maximum Gasteiger partial charge on any atom is 0.0439 e. The zero-order chi connectivity index (χ0) is 15.3. The second-order valence-corrected chi connectivity index (χ2v) is 7.37. The predicted molar refractivity (Wildman–Crippen MR) is 93.4 cm³/mol. The Hall–Kier alpha value is -0.240. The number of unbranched alkanes of at least 4 members (excludes halogenated alkanes) is 1. The van der Waals surface area contributed by atoms with Crippen LogP contribution in [0, 0.1) is 5.41 Å². The number of hydrogen-bond acceptors (Lipinski definition) is 1. The Morgan fingerprint density at radius 1 is 1.24 bits per heavy atom.